The summed E-state index contributed by atoms with van der Waals surface area (Å²) in [6.07, 6.45) is 10.5. The zero-order valence-electron chi connectivity index (χ0n) is 17.4. The number of aromatic nitrogens is 1. The standard InChI is InChI=1S/C23H33N3O3/c1-2-28-21-9-5-8-20-22(21)17(16-25-20)10-13-24-23(27)26-14-11-19(12-15-26)29-18-6-3-4-7-18/h5,8-9,16,18-19,25H,2-4,6-7,10-15H2,1H3,(H,24,27). The first-order chi connectivity index (χ1) is 14.2. The monoisotopic (exact) mass is 399 g/mol. The third-order valence-corrected chi connectivity index (χ3v) is 6.14. The van der Waals surface area contributed by atoms with Crippen LogP contribution in [-0.4, -0.2) is 54.4 Å². The molecule has 2 N–H and O–H groups in total. The number of hydrogen-bond acceptors (Lipinski definition) is 3. The lowest BCUT2D eigenvalue weighted by Crippen LogP contribution is -2.46. The van der Waals surface area contributed by atoms with E-state index in [4.69, 9.17) is 9.47 Å². The number of nitrogens with zero attached hydrogens (tertiary/aromatic N) is 1. The van der Waals surface area contributed by atoms with E-state index in [1.54, 1.807) is 0 Å². The van der Waals surface area contributed by atoms with Crippen molar-refractivity contribution in [3.8, 4) is 5.75 Å². The van der Waals surface area contributed by atoms with Crippen molar-refractivity contribution < 1.29 is 14.3 Å². The first kappa shape index (κ1) is 20.1. The largest absolute Gasteiger partial charge is 0.493 e. The summed E-state index contributed by atoms with van der Waals surface area (Å²) in [5.41, 5.74) is 2.25. The Morgan fingerprint density at radius 1 is 1.17 bits per heavy atom. The summed E-state index contributed by atoms with van der Waals surface area (Å²) >= 11 is 0. The molecule has 158 valence electrons. The van der Waals surface area contributed by atoms with Gasteiger partial charge in [0, 0.05) is 36.7 Å². The summed E-state index contributed by atoms with van der Waals surface area (Å²) in [6.45, 7) is 4.81. The van der Waals surface area contributed by atoms with Crippen LogP contribution in [0.25, 0.3) is 10.9 Å². The first-order valence-corrected chi connectivity index (χ1v) is 11.1. The summed E-state index contributed by atoms with van der Waals surface area (Å²) in [7, 11) is 0. The zero-order valence-corrected chi connectivity index (χ0v) is 17.4. The van der Waals surface area contributed by atoms with Gasteiger partial charge >= 0.3 is 6.03 Å². The minimum absolute atomic E-state index is 0.0363. The summed E-state index contributed by atoms with van der Waals surface area (Å²) in [4.78, 5) is 17.8. The number of likely N-dealkylation sites (tertiary alicyclic amines) is 1. The van der Waals surface area contributed by atoms with Gasteiger partial charge in [-0.3, -0.25) is 0 Å². The Morgan fingerprint density at radius 2 is 1.93 bits per heavy atom. The fraction of sp³-hybridized carbons (Fsp3) is 0.609. The average molecular weight is 400 g/mol. The van der Waals surface area contributed by atoms with Crippen LogP contribution in [0.4, 0.5) is 4.79 Å². The Kier molecular flexibility index (Phi) is 6.60. The number of rotatable bonds is 7. The topological polar surface area (TPSA) is 66.6 Å². The van der Waals surface area contributed by atoms with Gasteiger partial charge in [-0.1, -0.05) is 18.9 Å². The van der Waals surface area contributed by atoms with Crippen LogP contribution in [0.2, 0.25) is 0 Å². The van der Waals surface area contributed by atoms with Gasteiger partial charge < -0.3 is 24.7 Å². The van der Waals surface area contributed by atoms with E-state index in [0.717, 1.165) is 49.0 Å². The number of piperidine rings is 1. The Labute approximate surface area is 172 Å². The number of carbonyl (C=O) groups is 1. The lowest BCUT2D eigenvalue weighted by Gasteiger charge is -2.33. The molecule has 0 spiro atoms. The van der Waals surface area contributed by atoms with Crippen molar-refractivity contribution in [2.24, 2.45) is 0 Å². The number of benzene rings is 1. The number of fused-ring (bicyclic) bond motifs is 1. The van der Waals surface area contributed by atoms with Gasteiger partial charge in [0.2, 0.25) is 0 Å². The first-order valence-electron chi connectivity index (χ1n) is 11.1. The van der Waals surface area contributed by atoms with Crippen molar-refractivity contribution in [1.29, 1.82) is 0 Å². The fourth-order valence-corrected chi connectivity index (χ4v) is 4.60. The molecule has 2 heterocycles. The van der Waals surface area contributed by atoms with Crippen molar-refractivity contribution in [3.63, 3.8) is 0 Å². The molecule has 1 aromatic carbocycles. The molecule has 1 aliphatic carbocycles. The molecule has 0 radical (unpaired) electrons. The number of carbonyl (C=O) groups excluding carboxylic acids is 1. The highest BCUT2D eigenvalue weighted by atomic mass is 16.5. The molecule has 2 amide bonds. The Bertz CT molecular complexity index is 805. The van der Waals surface area contributed by atoms with E-state index in [2.05, 4.69) is 16.4 Å². The number of hydrogen-bond donors (Lipinski definition) is 2. The second-order valence-corrected chi connectivity index (χ2v) is 8.14. The number of ether oxygens (including phenoxy) is 2. The van der Waals surface area contributed by atoms with Crippen LogP contribution in [-0.2, 0) is 11.2 Å². The Hall–Kier alpha value is -2.21. The average Bonchev–Trinajstić information content (AvgIpc) is 3.39. The molecule has 1 aliphatic heterocycles. The molecule has 2 fully saturated rings. The Morgan fingerprint density at radius 3 is 2.69 bits per heavy atom. The molecule has 1 saturated heterocycles. The van der Waals surface area contributed by atoms with Crippen LogP contribution >= 0.6 is 0 Å². The van der Waals surface area contributed by atoms with Crippen molar-refractivity contribution in [3.05, 3.63) is 30.0 Å². The minimum atomic E-state index is 0.0363. The van der Waals surface area contributed by atoms with Crippen LogP contribution in [0, 0.1) is 0 Å². The number of H-pyrrole nitrogens is 1. The number of nitrogens with one attached hydrogen (secondary N) is 2. The molecule has 1 saturated carbocycles. The summed E-state index contributed by atoms with van der Waals surface area (Å²) in [6, 6.07) is 6.08. The molecule has 2 aromatic rings. The lowest BCUT2D eigenvalue weighted by molar-refractivity contribution is -0.0338. The highest BCUT2D eigenvalue weighted by Crippen LogP contribution is 2.29. The zero-order chi connectivity index (χ0) is 20.1. The van der Waals surface area contributed by atoms with Crippen molar-refractivity contribution in [1.82, 2.24) is 15.2 Å². The van der Waals surface area contributed by atoms with Crippen molar-refractivity contribution in [2.75, 3.05) is 26.2 Å². The van der Waals surface area contributed by atoms with Gasteiger partial charge in [0.15, 0.2) is 0 Å². The van der Waals surface area contributed by atoms with Gasteiger partial charge in [-0.25, -0.2) is 4.79 Å². The molecular weight excluding hydrogens is 366 g/mol. The molecular formula is C23H33N3O3. The maximum atomic E-state index is 12.6. The number of aromatic amines is 1. The quantitative estimate of drug-likeness (QED) is 0.732. The molecule has 1 aromatic heterocycles. The van der Waals surface area contributed by atoms with Gasteiger partial charge in [-0.2, -0.15) is 0 Å². The van der Waals surface area contributed by atoms with E-state index in [-0.39, 0.29) is 6.03 Å². The van der Waals surface area contributed by atoms with Gasteiger partial charge in [0.25, 0.3) is 0 Å². The molecule has 0 atom stereocenters. The predicted octanol–water partition coefficient (Wildman–Crippen LogP) is 4.24. The van der Waals surface area contributed by atoms with Crippen LogP contribution in [0.5, 0.6) is 5.75 Å². The summed E-state index contributed by atoms with van der Waals surface area (Å²) in [5.74, 6) is 0.900. The number of urea groups is 1. The van der Waals surface area contributed by atoms with E-state index < -0.39 is 0 Å². The van der Waals surface area contributed by atoms with Crippen LogP contribution < -0.4 is 10.1 Å². The number of amides is 2. The molecule has 0 unspecified atom stereocenters. The van der Waals surface area contributed by atoms with Gasteiger partial charge in [0.1, 0.15) is 5.75 Å². The van der Waals surface area contributed by atoms with Gasteiger partial charge in [0.05, 0.1) is 18.8 Å². The maximum absolute atomic E-state index is 12.6. The van der Waals surface area contributed by atoms with E-state index in [1.807, 2.05) is 30.2 Å². The molecule has 0 bridgehead atoms. The highest BCUT2D eigenvalue weighted by Gasteiger charge is 2.26. The Balaban J connectivity index is 1.24. The van der Waals surface area contributed by atoms with E-state index in [0.29, 0.717) is 25.4 Å². The lowest BCUT2D eigenvalue weighted by atomic mass is 10.1. The fourth-order valence-electron chi connectivity index (χ4n) is 4.60. The third kappa shape index (κ3) is 4.86. The van der Waals surface area contributed by atoms with Crippen LogP contribution in [0.3, 0.4) is 0 Å². The van der Waals surface area contributed by atoms with Gasteiger partial charge in [-0.05, 0) is 56.7 Å². The van der Waals surface area contributed by atoms with Crippen LogP contribution in [0.1, 0.15) is 51.0 Å². The second kappa shape index (κ2) is 9.53. The molecule has 2 aliphatic rings. The molecule has 6 heteroatoms. The van der Waals surface area contributed by atoms with Crippen LogP contribution in [0.15, 0.2) is 24.4 Å². The van der Waals surface area contributed by atoms with Gasteiger partial charge in [-0.15, -0.1) is 0 Å². The normalized spacial score (nSPS) is 18.4. The highest BCUT2D eigenvalue weighted by molar-refractivity contribution is 5.89. The smallest absolute Gasteiger partial charge is 0.317 e. The summed E-state index contributed by atoms with van der Waals surface area (Å²) in [5, 5.41) is 4.21. The van der Waals surface area contributed by atoms with Crippen molar-refractivity contribution >= 4 is 16.9 Å². The van der Waals surface area contributed by atoms with E-state index >= 15 is 0 Å². The van der Waals surface area contributed by atoms with E-state index in [1.165, 1.54) is 31.2 Å². The second-order valence-electron chi connectivity index (χ2n) is 8.14. The SMILES string of the molecule is CCOc1cccc2[nH]cc(CCNC(=O)N3CCC(OC4CCCC4)CC3)c12. The molecule has 4 rings (SSSR count). The van der Waals surface area contributed by atoms with Crippen molar-refractivity contribution in [2.45, 2.75) is 64.1 Å². The maximum Gasteiger partial charge on any atom is 0.317 e. The van der Waals surface area contributed by atoms with E-state index in [9.17, 15) is 4.79 Å². The summed E-state index contributed by atoms with van der Waals surface area (Å²) < 4.78 is 12.0. The molecule has 6 nitrogen and oxygen atoms in total. The predicted molar refractivity (Wildman–Crippen MR) is 115 cm³/mol. The molecule has 29 heavy (non-hydrogen) atoms. The minimum Gasteiger partial charge on any atom is -0.493 e. The third-order valence-electron chi connectivity index (χ3n) is 6.14.